The van der Waals surface area contributed by atoms with Gasteiger partial charge in [-0.2, -0.15) is 5.10 Å². The molecule has 90 valence electrons. The zero-order valence-corrected chi connectivity index (χ0v) is 10.0. The van der Waals surface area contributed by atoms with Gasteiger partial charge in [0, 0.05) is 25.3 Å². The topological polar surface area (TPSA) is 47.3 Å². The Labute approximate surface area is 96.2 Å². The molecule has 0 aliphatic carbocycles. The van der Waals surface area contributed by atoms with Crippen molar-refractivity contribution in [3.8, 4) is 0 Å². The maximum absolute atomic E-state index is 10.6. The first kappa shape index (κ1) is 11.6. The summed E-state index contributed by atoms with van der Waals surface area (Å²) in [5, 5.41) is 14.9. The molecular formula is C12H20N2O2. The second kappa shape index (κ2) is 4.55. The molecule has 2 atom stereocenters. The number of hydrogen-bond acceptors (Lipinski definition) is 3. The summed E-state index contributed by atoms with van der Waals surface area (Å²) in [4.78, 5) is 0. The van der Waals surface area contributed by atoms with Crippen LogP contribution in [0, 0.1) is 5.92 Å². The molecule has 0 spiro atoms. The molecule has 0 bridgehead atoms. The van der Waals surface area contributed by atoms with Crippen molar-refractivity contribution >= 4 is 0 Å². The molecule has 1 N–H and O–H groups in total. The summed E-state index contributed by atoms with van der Waals surface area (Å²) < 4.78 is 7.25. The van der Waals surface area contributed by atoms with E-state index in [1.54, 1.807) is 6.20 Å². The molecule has 2 rings (SSSR count). The Morgan fingerprint density at radius 2 is 2.50 bits per heavy atom. The van der Waals surface area contributed by atoms with Crippen LogP contribution in [-0.2, 0) is 16.9 Å². The number of aliphatic hydroxyl groups is 1. The standard InChI is InChI=1S/C12H20N2O2/c1-3-7-14-11(4-6-13-14)12(2,15)10-5-8-16-9-10/h4,6,10,15H,3,5,7-9H2,1-2H3. The Morgan fingerprint density at radius 3 is 3.12 bits per heavy atom. The minimum atomic E-state index is -0.831. The van der Waals surface area contributed by atoms with Crippen LogP contribution in [0.2, 0.25) is 0 Å². The van der Waals surface area contributed by atoms with E-state index in [0.29, 0.717) is 6.61 Å². The molecule has 1 saturated heterocycles. The van der Waals surface area contributed by atoms with E-state index < -0.39 is 5.60 Å². The van der Waals surface area contributed by atoms with Gasteiger partial charge in [0.15, 0.2) is 0 Å². The number of aromatic nitrogens is 2. The molecule has 0 aromatic carbocycles. The second-order valence-corrected chi connectivity index (χ2v) is 4.65. The quantitative estimate of drug-likeness (QED) is 0.844. The summed E-state index contributed by atoms with van der Waals surface area (Å²) in [5.74, 6) is 0.180. The summed E-state index contributed by atoms with van der Waals surface area (Å²) in [6.45, 7) is 6.23. The molecule has 1 aliphatic heterocycles. The first-order valence-electron chi connectivity index (χ1n) is 5.98. The highest BCUT2D eigenvalue weighted by atomic mass is 16.5. The van der Waals surface area contributed by atoms with Crippen LogP contribution in [0.25, 0.3) is 0 Å². The van der Waals surface area contributed by atoms with Crippen molar-refractivity contribution in [2.45, 2.75) is 38.8 Å². The van der Waals surface area contributed by atoms with Gasteiger partial charge < -0.3 is 9.84 Å². The van der Waals surface area contributed by atoms with Gasteiger partial charge in [-0.05, 0) is 25.8 Å². The fourth-order valence-corrected chi connectivity index (χ4v) is 2.34. The van der Waals surface area contributed by atoms with Crippen molar-refractivity contribution in [1.29, 1.82) is 0 Å². The highest BCUT2D eigenvalue weighted by Crippen LogP contribution is 2.34. The van der Waals surface area contributed by atoms with Gasteiger partial charge >= 0.3 is 0 Å². The Kier molecular flexibility index (Phi) is 3.30. The lowest BCUT2D eigenvalue weighted by molar-refractivity contribution is -0.0174. The van der Waals surface area contributed by atoms with Gasteiger partial charge in [-0.3, -0.25) is 4.68 Å². The van der Waals surface area contributed by atoms with E-state index in [9.17, 15) is 5.11 Å². The van der Waals surface area contributed by atoms with E-state index >= 15 is 0 Å². The minimum absolute atomic E-state index is 0.180. The van der Waals surface area contributed by atoms with Crippen molar-refractivity contribution in [3.05, 3.63) is 18.0 Å². The maximum atomic E-state index is 10.6. The van der Waals surface area contributed by atoms with E-state index in [1.165, 1.54) is 0 Å². The molecule has 16 heavy (non-hydrogen) atoms. The smallest absolute Gasteiger partial charge is 0.108 e. The molecule has 4 nitrogen and oxygen atoms in total. The Morgan fingerprint density at radius 1 is 1.69 bits per heavy atom. The van der Waals surface area contributed by atoms with Crippen LogP contribution < -0.4 is 0 Å². The van der Waals surface area contributed by atoms with Gasteiger partial charge in [0.05, 0.1) is 12.3 Å². The lowest BCUT2D eigenvalue weighted by Crippen LogP contribution is -2.34. The highest BCUT2D eigenvalue weighted by Gasteiger charge is 2.38. The number of aryl methyl sites for hydroxylation is 1. The van der Waals surface area contributed by atoms with Crippen molar-refractivity contribution < 1.29 is 9.84 Å². The van der Waals surface area contributed by atoms with Crippen molar-refractivity contribution in [3.63, 3.8) is 0 Å². The zero-order valence-electron chi connectivity index (χ0n) is 10.0. The van der Waals surface area contributed by atoms with E-state index in [0.717, 1.165) is 31.7 Å². The summed E-state index contributed by atoms with van der Waals surface area (Å²) >= 11 is 0. The molecule has 0 saturated carbocycles. The van der Waals surface area contributed by atoms with Gasteiger partial charge in [0.2, 0.25) is 0 Å². The van der Waals surface area contributed by atoms with Crippen LogP contribution in [0.4, 0.5) is 0 Å². The van der Waals surface area contributed by atoms with Gasteiger partial charge in [-0.25, -0.2) is 0 Å². The van der Waals surface area contributed by atoms with Crippen LogP contribution in [0.3, 0.4) is 0 Å². The van der Waals surface area contributed by atoms with Crippen molar-refractivity contribution in [2.24, 2.45) is 5.92 Å². The van der Waals surface area contributed by atoms with Gasteiger partial charge in [-0.15, -0.1) is 0 Å². The number of ether oxygens (including phenoxy) is 1. The third-order valence-electron chi connectivity index (χ3n) is 3.40. The Balaban J connectivity index is 2.23. The van der Waals surface area contributed by atoms with Crippen molar-refractivity contribution in [1.82, 2.24) is 9.78 Å². The molecule has 2 unspecified atom stereocenters. The zero-order chi connectivity index (χ0) is 11.6. The molecule has 4 heteroatoms. The largest absolute Gasteiger partial charge is 0.383 e. The Hall–Kier alpha value is -0.870. The predicted octanol–water partition coefficient (Wildman–Crippen LogP) is 1.54. The number of nitrogens with zero attached hydrogens (tertiary/aromatic N) is 2. The molecule has 1 aliphatic rings. The van der Waals surface area contributed by atoms with Crippen LogP contribution in [0.1, 0.15) is 32.4 Å². The van der Waals surface area contributed by atoms with Gasteiger partial charge in [-0.1, -0.05) is 6.92 Å². The average molecular weight is 224 g/mol. The molecule has 1 aromatic rings. The summed E-state index contributed by atoms with van der Waals surface area (Å²) in [7, 11) is 0. The van der Waals surface area contributed by atoms with E-state index in [2.05, 4.69) is 12.0 Å². The molecule has 0 amide bonds. The molecule has 0 radical (unpaired) electrons. The lowest BCUT2D eigenvalue weighted by atomic mass is 9.85. The van der Waals surface area contributed by atoms with Crippen molar-refractivity contribution in [2.75, 3.05) is 13.2 Å². The fourth-order valence-electron chi connectivity index (χ4n) is 2.34. The van der Waals surface area contributed by atoms with E-state index in [-0.39, 0.29) is 5.92 Å². The van der Waals surface area contributed by atoms with Crippen LogP contribution in [0.15, 0.2) is 12.3 Å². The molecule has 2 heterocycles. The lowest BCUT2D eigenvalue weighted by Gasteiger charge is -2.29. The highest BCUT2D eigenvalue weighted by molar-refractivity contribution is 5.13. The summed E-state index contributed by atoms with van der Waals surface area (Å²) in [5.41, 5.74) is 0.0761. The monoisotopic (exact) mass is 224 g/mol. The summed E-state index contributed by atoms with van der Waals surface area (Å²) in [6.07, 6.45) is 3.70. The van der Waals surface area contributed by atoms with Gasteiger partial charge in [0.1, 0.15) is 5.60 Å². The SMILES string of the molecule is CCCn1nccc1C(C)(O)C1CCOC1. The molecule has 1 aromatic heterocycles. The normalized spacial score (nSPS) is 24.6. The van der Waals surface area contributed by atoms with Gasteiger partial charge in [0.25, 0.3) is 0 Å². The second-order valence-electron chi connectivity index (χ2n) is 4.65. The van der Waals surface area contributed by atoms with E-state index in [4.69, 9.17) is 4.74 Å². The third kappa shape index (κ3) is 1.99. The molecule has 1 fully saturated rings. The third-order valence-corrected chi connectivity index (χ3v) is 3.40. The van der Waals surface area contributed by atoms with E-state index in [1.807, 2.05) is 17.7 Å². The summed E-state index contributed by atoms with van der Waals surface area (Å²) in [6, 6.07) is 1.91. The van der Waals surface area contributed by atoms with Crippen LogP contribution >= 0.6 is 0 Å². The number of hydrogen-bond donors (Lipinski definition) is 1. The maximum Gasteiger partial charge on any atom is 0.108 e. The Bertz CT molecular complexity index is 341. The molecular weight excluding hydrogens is 204 g/mol. The minimum Gasteiger partial charge on any atom is -0.383 e. The first-order chi connectivity index (χ1) is 7.66. The van der Waals surface area contributed by atoms with Crippen LogP contribution in [-0.4, -0.2) is 28.1 Å². The predicted molar refractivity (Wildman–Crippen MR) is 61.0 cm³/mol. The van der Waals surface area contributed by atoms with Crippen LogP contribution in [0.5, 0.6) is 0 Å². The fraction of sp³-hybridized carbons (Fsp3) is 0.750. The first-order valence-corrected chi connectivity index (χ1v) is 5.98. The number of rotatable bonds is 4. The average Bonchev–Trinajstić information content (AvgIpc) is 2.88.